The number of carbonyl (C=O) groups is 1. The van der Waals surface area contributed by atoms with Crippen molar-refractivity contribution in [2.45, 2.75) is 39.1 Å². The van der Waals surface area contributed by atoms with E-state index in [9.17, 15) is 4.79 Å². The van der Waals surface area contributed by atoms with Gasteiger partial charge in [-0.05, 0) is 26.0 Å². The Labute approximate surface area is 133 Å². The highest BCUT2D eigenvalue weighted by Crippen LogP contribution is 2.34. The first-order valence-corrected chi connectivity index (χ1v) is 7.73. The molecule has 0 radical (unpaired) electrons. The minimum absolute atomic E-state index is 0.0705. The first-order valence-electron chi connectivity index (χ1n) is 7.73. The average molecular weight is 314 g/mol. The Hall–Kier alpha value is -2.57. The minimum atomic E-state index is -0.638. The third kappa shape index (κ3) is 2.32. The Bertz CT molecular complexity index is 758. The fraction of sp³-hybridized carbons (Fsp3) is 0.438. The summed E-state index contributed by atoms with van der Waals surface area (Å²) in [5.74, 6) is 2.91. The van der Waals surface area contributed by atoms with Crippen molar-refractivity contribution in [2.75, 3.05) is 6.54 Å². The lowest BCUT2D eigenvalue weighted by Crippen LogP contribution is -2.52. The number of para-hydroxylation sites is 2. The lowest BCUT2D eigenvalue weighted by molar-refractivity contribution is -0.146. The molecule has 0 aliphatic carbocycles. The van der Waals surface area contributed by atoms with Crippen LogP contribution in [0.1, 0.15) is 18.6 Å². The zero-order valence-corrected chi connectivity index (χ0v) is 13.1. The van der Waals surface area contributed by atoms with Crippen LogP contribution >= 0.6 is 0 Å². The van der Waals surface area contributed by atoms with E-state index in [2.05, 4.69) is 10.2 Å². The molecule has 0 fully saturated rings. The molecule has 2 aromatic rings. The smallest absolute Gasteiger partial charge is 0.268 e. The molecule has 0 N–H and O–H groups in total. The molecule has 7 heteroatoms. The van der Waals surface area contributed by atoms with Crippen molar-refractivity contribution in [3.05, 3.63) is 35.9 Å². The zero-order chi connectivity index (χ0) is 16.0. The minimum Gasteiger partial charge on any atom is -0.482 e. The van der Waals surface area contributed by atoms with Crippen LogP contribution in [0, 0.1) is 6.92 Å². The van der Waals surface area contributed by atoms with E-state index < -0.39 is 6.10 Å². The van der Waals surface area contributed by atoms with Gasteiger partial charge in [-0.1, -0.05) is 12.1 Å². The van der Waals surface area contributed by atoms with E-state index in [0.29, 0.717) is 31.1 Å². The van der Waals surface area contributed by atoms with Crippen LogP contribution in [-0.2, 0) is 17.9 Å². The molecule has 7 nitrogen and oxygen atoms in total. The van der Waals surface area contributed by atoms with E-state index in [-0.39, 0.29) is 12.0 Å². The molecule has 3 heterocycles. The van der Waals surface area contributed by atoms with Crippen LogP contribution in [0.4, 0.5) is 0 Å². The van der Waals surface area contributed by atoms with Gasteiger partial charge in [0.1, 0.15) is 11.9 Å². The molecule has 2 atom stereocenters. The van der Waals surface area contributed by atoms with Crippen molar-refractivity contribution >= 4 is 5.91 Å². The molecule has 0 unspecified atom stereocenters. The molecule has 1 aromatic heterocycles. The standard InChI is InChI=1S/C16H18N4O3/c1-10-15(23-13-6-4-3-5-12(13)22-10)16(21)19-7-8-20-11(2)17-18-14(20)9-19/h3-6,10,15H,7-9H2,1-2H3/t10-,15+/m0/s1. The molecule has 1 aromatic carbocycles. The number of aryl methyl sites for hydroxylation is 1. The van der Waals surface area contributed by atoms with E-state index >= 15 is 0 Å². The van der Waals surface area contributed by atoms with Crippen LogP contribution in [0.5, 0.6) is 11.5 Å². The molecule has 0 saturated heterocycles. The number of rotatable bonds is 1. The van der Waals surface area contributed by atoms with Crippen molar-refractivity contribution in [3.63, 3.8) is 0 Å². The van der Waals surface area contributed by atoms with Crippen LogP contribution in [0.25, 0.3) is 0 Å². The van der Waals surface area contributed by atoms with Crippen LogP contribution in [-0.4, -0.2) is 44.3 Å². The number of ether oxygens (including phenoxy) is 2. The summed E-state index contributed by atoms with van der Waals surface area (Å²) < 4.78 is 13.8. The monoisotopic (exact) mass is 314 g/mol. The Morgan fingerprint density at radius 2 is 1.91 bits per heavy atom. The summed E-state index contributed by atoms with van der Waals surface area (Å²) in [5.41, 5.74) is 0. The van der Waals surface area contributed by atoms with E-state index in [1.807, 2.05) is 42.7 Å². The van der Waals surface area contributed by atoms with Gasteiger partial charge in [0.05, 0.1) is 6.54 Å². The van der Waals surface area contributed by atoms with E-state index in [0.717, 1.165) is 11.6 Å². The highest BCUT2D eigenvalue weighted by molar-refractivity contribution is 5.82. The Balaban J connectivity index is 1.54. The predicted octanol–water partition coefficient (Wildman–Crippen LogP) is 1.16. The summed E-state index contributed by atoms with van der Waals surface area (Å²) in [6, 6.07) is 7.42. The lowest BCUT2D eigenvalue weighted by Gasteiger charge is -2.35. The normalized spacial score (nSPS) is 22.6. The van der Waals surface area contributed by atoms with Crippen molar-refractivity contribution in [1.29, 1.82) is 0 Å². The molecular formula is C16H18N4O3. The maximum absolute atomic E-state index is 12.9. The molecule has 1 amide bonds. The maximum Gasteiger partial charge on any atom is 0.268 e. The van der Waals surface area contributed by atoms with Gasteiger partial charge in [0.15, 0.2) is 17.3 Å². The number of fused-ring (bicyclic) bond motifs is 2. The second-order valence-corrected chi connectivity index (χ2v) is 5.88. The topological polar surface area (TPSA) is 69.5 Å². The van der Waals surface area contributed by atoms with Crippen molar-refractivity contribution in [1.82, 2.24) is 19.7 Å². The van der Waals surface area contributed by atoms with Gasteiger partial charge in [0.2, 0.25) is 6.10 Å². The molecule has 4 rings (SSSR count). The summed E-state index contributed by atoms with van der Waals surface area (Å²) >= 11 is 0. The zero-order valence-electron chi connectivity index (χ0n) is 13.1. The van der Waals surface area contributed by atoms with E-state index in [1.54, 1.807) is 4.90 Å². The van der Waals surface area contributed by atoms with Gasteiger partial charge < -0.3 is 18.9 Å². The van der Waals surface area contributed by atoms with Gasteiger partial charge in [-0.2, -0.15) is 0 Å². The summed E-state index contributed by atoms with van der Waals surface area (Å²) in [6.45, 7) is 5.56. The molecule has 0 saturated carbocycles. The number of aromatic nitrogens is 3. The number of carbonyl (C=O) groups excluding carboxylic acids is 1. The van der Waals surface area contributed by atoms with E-state index in [4.69, 9.17) is 9.47 Å². The summed E-state index contributed by atoms with van der Waals surface area (Å²) in [6.07, 6.45) is -0.973. The first-order chi connectivity index (χ1) is 11.1. The Morgan fingerprint density at radius 3 is 2.70 bits per heavy atom. The molecular weight excluding hydrogens is 296 g/mol. The fourth-order valence-electron chi connectivity index (χ4n) is 3.06. The van der Waals surface area contributed by atoms with Crippen molar-refractivity contribution in [3.8, 4) is 11.5 Å². The van der Waals surface area contributed by atoms with Gasteiger partial charge >= 0.3 is 0 Å². The maximum atomic E-state index is 12.9. The largest absolute Gasteiger partial charge is 0.482 e. The SMILES string of the molecule is Cc1nnc2n1CCN(C(=O)[C@@H]1Oc3ccccc3O[C@H]1C)C2. The number of nitrogens with zero attached hydrogens (tertiary/aromatic N) is 4. The van der Waals surface area contributed by atoms with Crippen LogP contribution in [0.3, 0.4) is 0 Å². The number of hydrogen-bond donors (Lipinski definition) is 0. The van der Waals surface area contributed by atoms with Gasteiger partial charge in [0.25, 0.3) is 5.91 Å². The molecule has 0 spiro atoms. The molecule has 120 valence electrons. The van der Waals surface area contributed by atoms with Gasteiger partial charge in [-0.25, -0.2) is 0 Å². The molecule has 23 heavy (non-hydrogen) atoms. The Kier molecular flexibility index (Phi) is 3.21. The lowest BCUT2D eigenvalue weighted by atomic mass is 10.1. The molecule has 0 bridgehead atoms. The summed E-state index contributed by atoms with van der Waals surface area (Å²) in [4.78, 5) is 14.6. The van der Waals surface area contributed by atoms with Crippen LogP contribution < -0.4 is 9.47 Å². The highest BCUT2D eigenvalue weighted by Gasteiger charge is 2.38. The third-order valence-corrected chi connectivity index (χ3v) is 4.34. The Morgan fingerprint density at radius 1 is 1.17 bits per heavy atom. The van der Waals surface area contributed by atoms with E-state index in [1.165, 1.54) is 0 Å². The van der Waals surface area contributed by atoms with Crippen molar-refractivity contribution < 1.29 is 14.3 Å². The molecule has 2 aliphatic rings. The molecule has 2 aliphatic heterocycles. The van der Waals surface area contributed by atoms with Crippen LogP contribution in [0.2, 0.25) is 0 Å². The average Bonchev–Trinajstić information content (AvgIpc) is 2.94. The first kappa shape index (κ1) is 14.0. The number of hydrogen-bond acceptors (Lipinski definition) is 5. The third-order valence-electron chi connectivity index (χ3n) is 4.34. The second kappa shape index (κ2) is 5.26. The van der Waals surface area contributed by atoms with Gasteiger partial charge in [0, 0.05) is 13.1 Å². The second-order valence-electron chi connectivity index (χ2n) is 5.88. The summed E-state index contributed by atoms with van der Waals surface area (Å²) in [7, 11) is 0. The van der Waals surface area contributed by atoms with Crippen LogP contribution in [0.15, 0.2) is 24.3 Å². The van der Waals surface area contributed by atoms with Crippen molar-refractivity contribution in [2.24, 2.45) is 0 Å². The summed E-state index contributed by atoms with van der Waals surface area (Å²) in [5, 5.41) is 8.20. The van der Waals surface area contributed by atoms with Gasteiger partial charge in [-0.15, -0.1) is 10.2 Å². The highest BCUT2D eigenvalue weighted by atomic mass is 16.6. The quantitative estimate of drug-likeness (QED) is 0.790. The predicted molar refractivity (Wildman–Crippen MR) is 81.1 cm³/mol. The fourth-order valence-corrected chi connectivity index (χ4v) is 3.06. The number of amides is 1. The van der Waals surface area contributed by atoms with Gasteiger partial charge in [-0.3, -0.25) is 4.79 Å². The number of benzene rings is 1.